The third-order valence-electron chi connectivity index (χ3n) is 6.77. The first-order chi connectivity index (χ1) is 14.9. The van der Waals surface area contributed by atoms with Crippen molar-refractivity contribution in [3.8, 4) is 16.9 Å². The van der Waals surface area contributed by atoms with Crippen molar-refractivity contribution in [3.05, 3.63) is 53.8 Å². The quantitative estimate of drug-likeness (QED) is 0.809. The van der Waals surface area contributed by atoms with E-state index >= 15 is 0 Å². The van der Waals surface area contributed by atoms with Crippen LogP contribution in [0.5, 0.6) is 5.75 Å². The van der Waals surface area contributed by atoms with E-state index in [1.807, 2.05) is 18.2 Å². The van der Waals surface area contributed by atoms with E-state index in [0.29, 0.717) is 45.4 Å². The first-order valence-electron chi connectivity index (χ1n) is 10.7. The Hall–Kier alpha value is -2.93. The van der Waals surface area contributed by atoms with Crippen molar-refractivity contribution in [1.82, 2.24) is 4.90 Å². The number of nitrogens with zero attached hydrogens (tertiary/aromatic N) is 1. The van der Waals surface area contributed by atoms with Crippen molar-refractivity contribution in [3.63, 3.8) is 0 Å². The predicted molar refractivity (Wildman–Crippen MR) is 110 cm³/mol. The summed E-state index contributed by atoms with van der Waals surface area (Å²) in [4.78, 5) is 25.7. The smallest absolute Gasteiger partial charge is 0.307 e. The van der Waals surface area contributed by atoms with Crippen molar-refractivity contribution in [1.29, 1.82) is 0 Å². The molecule has 1 saturated heterocycles. The largest absolute Gasteiger partial charge is 0.481 e. The highest BCUT2D eigenvalue weighted by Gasteiger charge is 2.47. The molecule has 1 N–H and O–H groups in total. The zero-order valence-corrected chi connectivity index (χ0v) is 17.1. The Morgan fingerprint density at radius 2 is 1.68 bits per heavy atom. The van der Waals surface area contributed by atoms with Gasteiger partial charge in [-0.25, -0.2) is 4.39 Å². The summed E-state index contributed by atoms with van der Waals surface area (Å²) >= 11 is 0. The Morgan fingerprint density at radius 1 is 1.00 bits per heavy atom. The van der Waals surface area contributed by atoms with E-state index in [2.05, 4.69) is 0 Å². The lowest BCUT2D eigenvalue weighted by Gasteiger charge is -2.45. The summed E-state index contributed by atoms with van der Waals surface area (Å²) < 4.78 is 25.5. The topological polar surface area (TPSA) is 76.1 Å². The number of carbonyl (C=O) groups is 2. The van der Waals surface area contributed by atoms with Gasteiger partial charge in [0, 0.05) is 31.5 Å². The maximum absolute atomic E-state index is 13.2. The summed E-state index contributed by atoms with van der Waals surface area (Å²) in [5, 5.41) is 9.22. The molecule has 0 bridgehead atoms. The first kappa shape index (κ1) is 20.0. The molecule has 0 aromatic heterocycles. The minimum atomic E-state index is -0.881. The summed E-state index contributed by atoms with van der Waals surface area (Å²) in [5.74, 6) is -2.15. The Labute approximate surface area is 179 Å². The van der Waals surface area contributed by atoms with Gasteiger partial charge < -0.3 is 19.5 Å². The summed E-state index contributed by atoms with van der Waals surface area (Å²) in [6.07, 6.45) is 2.31. The average molecular weight is 425 g/mol. The van der Waals surface area contributed by atoms with Gasteiger partial charge in [0.1, 0.15) is 11.6 Å². The second-order valence-electron chi connectivity index (χ2n) is 8.58. The molecule has 2 aliphatic heterocycles. The van der Waals surface area contributed by atoms with Crippen molar-refractivity contribution in [2.45, 2.75) is 38.1 Å². The van der Waals surface area contributed by atoms with E-state index in [1.165, 1.54) is 12.1 Å². The van der Waals surface area contributed by atoms with E-state index in [0.717, 1.165) is 22.4 Å². The number of amides is 1. The Bertz CT molecular complexity index is 1010. The van der Waals surface area contributed by atoms with Gasteiger partial charge in [0.15, 0.2) is 0 Å². The molecule has 3 aliphatic rings. The normalized spacial score (nSPS) is 24.1. The average Bonchev–Trinajstić information content (AvgIpc) is 2.73. The number of carboxylic acid groups (broad SMARTS) is 1. The van der Waals surface area contributed by atoms with Crippen molar-refractivity contribution in [2.24, 2.45) is 11.8 Å². The number of aliphatic carboxylic acids is 1. The van der Waals surface area contributed by atoms with Gasteiger partial charge >= 0.3 is 5.97 Å². The van der Waals surface area contributed by atoms with Crippen LogP contribution in [0.15, 0.2) is 42.5 Å². The standard InChI is InChI=1S/C24H24FNO5/c25-18-4-1-15(2-5-18)16-3-8-21-17(13-16)14-30-24(31-21)9-11-26(12-10-24)22(27)19-6-7-20(19)23(28)29/h1-5,8,13,19-20H,6-7,9-12,14H2,(H,28,29). The van der Waals surface area contributed by atoms with Gasteiger partial charge in [-0.05, 0) is 48.2 Å². The molecular weight excluding hydrogens is 401 g/mol. The van der Waals surface area contributed by atoms with E-state index < -0.39 is 23.6 Å². The van der Waals surface area contributed by atoms with Crippen LogP contribution < -0.4 is 4.74 Å². The number of ether oxygens (including phenoxy) is 2. The first-order valence-corrected chi connectivity index (χ1v) is 10.7. The van der Waals surface area contributed by atoms with Crippen LogP contribution >= 0.6 is 0 Å². The summed E-state index contributed by atoms with van der Waals surface area (Å²) in [7, 11) is 0. The van der Waals surface area contributed by atoms with Crippen LogP contribution in [0, 0.1) is 17.7 Å². The molecule has 7 heteroatoms. The molecule has 162 valence electrons. The van der Waals surface area contributed by atoms with Gasteiger partial charge in [-0.2, -0.15) is 0 Å². The Kier molecular flexibility index (Phi) is 4.93. The third kappa shape index (κ3) is 3.67. The zero-order chi connectivity index (χ0) is 21.6. The molecular formula is C24H24FNO5. The third-order valence-corrected chi connectivity index (χ3v) is 6.77. The molecule has 6 nitrogen and oxygen atoms in total. The van der Waals surface area contributed by atoms with Crippen LogP contribution in [0.3, 0.4) is 0 Å². The van der Waals surface area contributed by atoms with Gasteiger partial charge in [-0.3, -0.25) is 9.59 Å². The van der Waals surface area contributed by atoms with Crippen molar-refractivity contribution in [2.75, 3.05) is 13.1 Å². The lowest BCUT2D eigenvalue weighted by molar-refractivity contribution is -0.228. The number of benzene rings is 2. The fraction of sp³-hybridized carbons (Fsp3) is 0.417. The molecule has 2 heterocycles. The molecule has 2 atom stereocenters. The van der Waals surface area contributed by atoms with Crippen LogP contribution in [-0.4, -0.2) is 40.8 Å². The minimum absolute atomic E-state index is 0.0614. The molecule has 1 amide bonds. The molecule has 1 saturated carbocycles. The van der Waals surface area contributed by atoms with E-state index in [4.69, 9.17) is 9.47 Å². The fourth-order valence-corrected chi connectivity index (χ4v) is 4.69. The van der Waals surface area contributed by atoms with Crippen LogP contribution in [0.25, 0.3) is 11.1 Å². The Morgan fingerprint density at radius 3 is 2.32 bits per heavy atom. The lowest BCUT2D eigenvalue weighted by Crippen LogP contribution is -2.55. The summed E-state index contributed by atoms with van der Waals surface area (Å²) in [6.45, 7) is 1.39. The molecule has 0 radical (unpaired) electrons. The van der Waals surface area contributed by atoms with Gasteiger partial charge in [0.05, 0.1) is 18.4 Å². The van der Waals surface area contributed by atoms with Crippen molar-refractivity contribution < 1.29 is 28.6 Å². The molecule has 1 spiro atoms. The van der Waals surface area contributed by atoms with Gasteiger partial charge in [0.25, 0.3) is 0 Å². The lowest BCUT2D eigenvalue weighted by atomic mass is 9.72. The van der Waals surface area contributed by atoms with Crippen LogP contribution in [-0.2, 0) is 20.9 Å². The molecule has 2 unspecified atom stereocenters. The predicted octanol–water partition coefficient (Wildman–Crippen LogP) is 3.83. The zero-order valence-electron chi connectivity index (χ0n) is 17.1. The van der Waals surface area contributed by atoms with E-state index in [9.17, 15) is 19.1 Å². The molecule has 1 aliphatic carbocycles. The highest BCUT2D eigenvalue weighted by atomic mass is 19.1. The van der Waals surface area contributed by atoms with Crippen LogP contribution in [0.1, 0.15) is 31.2 Å². The van der Waals surface area contributed by atoms with Gasteiger partial charge in [-0.1, -0.05) is 18.2 Å². The summed E-state index contributed by atoms with van der Waals surface area (Å²) in [5.41, 5.74) is 2.83. The van der Waals surface area contributed by atoms with Gasteiger partial charge in [-0.15, -0.1) is 0 Å². The number of hydrogen-bond acceptors (Lipinski definition) is 4. The number of fused-ring (bicyclic) bond motifs is 1. The SMILES string of the molecule is O=C(O)C1CCC1C(=O)N1CCC2(CC1)OCc1cc(-c3ccc(F)cc3)ccc1O2. The molecule has 5 rings (SSSR count). The fourth-order valence-electron chi connectivity index (χ4n) is 4.69. The summed E-state index contributed by atoms with van der Waals surface area (Å²) in [6, 6.07) is 12.2. The van der Waals surface area contributed by atoms with Gasteiger partial charge in [0.2, 0.25) is 11.7 Å². The number of rotatable bonds is 3. The number of carboxylic acids is 1. The Balaban J connectivity index is 1.24. The van der Waals surface area contributed by atoms with E-state index in [-0.39, 0.29) is 11.7 Å². The highest BCUT2D eigenvalue weighted by molar-refractivity contribution is 5.86. The monoisotopic (exact) mass is 425 g/mol. The maximum Gasteiger partial charge on any atom is 0.307 e. The number of likely N-dealkylation sites (tertiary alicyclic amines) is 1. The minimum Gasteiger partial charge on any atom is -0.481 e. The highest BCUT2D eigenvalue weighted by Crippen LogP contribution is 2.41. The maximum atomic E-state index is 13.2. The second-order valence-corrected chi connectivity index (χ2v) is 8.58. The van der Waals surface area contributed by atoms with Crippen LogP contribution in [0.2, 0.25) is 0 Å². The molecule has 2 aromatic rings. The number of piperidine rings is 1. The van der Waals surface area contributed by atoms with Crippen LogP contribution in [0.4, 0.5) is 4.39 Å². The number of halogens is 1. The molecule has 2 fully saturated rings. The van der Waals surface area contributed by atoms with E-state index in [1.54, 1.807) is 17.0 Å². The second kappa shape index (κ2) is 7.64. The number of hydrogen-bond donors (Lipinski definition) is 1. The molecule has 31 heavy (non-hydrogen) atoms. The van der Waals surface area contributed by atoms with Crippen molar-refractivity contribution >= 4 is 11.9 Å². The molecule has 2 aromatic carbocycles. The number of carbonyl (C=O) groups excluding carboxylic acids is 1.